The summed E-state index contributed by atoms with van der Waals surface area (Å²) < 4.78 is 0. The minimum atomic E-state index is 0.141. The average molecular weight is 328 g/mol. The van der Waals surface area contributed by atoms with Crippen LogP contribution in [-0.2, 0) is 4.79 Å². The SMILES string of the molecule is CC1CCCC(NC(=O)CSc2ccnc3ccccc23)C1C. The molecule has 1 aliphatic carbocycles. The van der Waals surface area contributed by atoms with Gasteiger partial charge in [-0.1, -0.05) is 44.9 Å². The fourth-order valence-corrected chi connectivity index (χ4v) is 4.23. The van der Waals surface area contributed by atoms with Gasteiger partial charge in [0.25, 0.3) is 0 Å². The molecule has 1 saturated carbocycles. The summed E-state index contributed by atoms with van der Waals surface area (Å²) in [6.45, 7) is 4.55. The number of nitrogens with one attached hydrogen (secondary N) is 1. The number of carbonyl (C=O) groups excluding carboxylic acids is 1. The van der Waals surface area contributed by atoms with Gasteiger partial charge in [0.2, 0.25) is 5.91 Å². The standard InChI is InChI=1S/C19H24N2OS/c1-13-6-5-9-16(14(13)2)21-19(22)12-23-18-10-11-20-17-8-4-3-7-15(17)18/h3-4,7-8,10-11,13-14,16H,5-6,9,12H2,1-2H3,(H,21,22). The van der Waals surface area contributed by atoms with Gasteiger partial charge in [-0.15, -0.1) is 11.8 Å². The summed E-state index contributed by atoms with van der Waals surface area (Å²) in [7, 11) is 0. The third-order valence-corrected chi connectivity index (χ3v) is 6.09. The first-order valence-corrected chi connectivity index (χ1v) is 9.39. The molecular weight excluding hydrogens is 304 g/mol. The van der Waals surface area contributed by atoms with Crippen LogP contribution in [0.1, 0.15) is 33.1 Å². The maximum Gasteiger partial charge on any atom is 0.230 e. The predicted molar refractivity (Wildman–Crippen MR) is 96.6 cm³/mol. The lowest BCUT2D eigenvalue weighted by atomic mass is 9.78. The molecule has 1 aliphatic rings. The Hall–Kier alpha value is -1.55. The number of benzene rings is 1. The molecule has 122 valence electrons. The molecule has 0 bridgehead atoms. The van der Waals surface area contributed by atoms with Gasteiger partial charge in [0, 0.05) is 22.5 Å². The van der Waals surface area contributed by atoms with Crippen molar-refractivity contribution in [3.63, 3.8) is 0 Å². The quantitative estimate of drug-likeness (QED) is 0.852. The Morgan fingerprint density at radius 1 is 1.26 bits per heavy atom. The largest absolute Gasteiger partial charge is 0.352 e. The second-order valence-electron chi connectivity index (χ2n) is 6.56. The van der Waals surface area contributed by atoms with Crippen LogP contribution in [0.25, 0.3) is 10.9 Å². The molecule has 3 rings (SSSR count). The fraction of sp³-hybridized carbons (Fsp3) is 0.474. The van der Waals surface area contributed by atoms with Crippen LogP contribution in [0.2, 0.25) is 0 Å². The van der Waals surface area contributed by atoms with Gasteiger partial charge in [-0.2, -0.15) is 0 Å². The van der Waals surface area contributed by atoms with Crippen LogP contribution in [0.3, 0.4) is 0 Å². The number of hydrogen-bond acceptors (Lipinski definition) is 3. The minimum absolute atomic E-state index is 0.141. The zero-order valence-corrected chi connectivity index (χ0v) is 14.6. The number of pyridine rings is 1. The van der Waals surface area contributed by atoms with E-state index in [4.69, 9.17) is 0 Å². The number of carbonyl (C=O) groups is 1. The number of para-hydroxylation sites is 1. The van der Waals surface area contributed by atoms with E-state index in [0.29, 0.717) is 23.6 Å². The van der Waals surface area contributed by atoms with Crippen LogP contribution in [0.5, 0.6) is 0 Å². The highest BCUT2D eigenvalue weighted by atomic mass is 32.2. The van der Waals surface area contributed by atoms with Crippen LogP contribution in [0.4, 0.5) is 0 Å². The summed E-state index contributed by atoms with van der Waals surface area (Å²) in [5, 5.41) is 4.36. The van der Waals surface area contributed by atoms with Gasteiger partial charge in [-0.25, -0.2) is 0 Å². The van der Waals surface area contributed by atoms with Crippen molar-refractivity contribution < 1.29 is 4.79 Å². The smallest absolute Gasteiger partial charge is 0.230 e. The average Bonchev–Trinajstić information content (AvgIpc) is 2.57. The molecule has 1 amide bonds. The normalized spacial score (nSPS) is 24.5. The van der Waals surface area contributed by atoms with E-state index in [-0.39, 0.29) is 5.91 Å². The number of aromatic nitrogens is 1. The first kappa shape index (κ1) is 16.3. The van der Waals surface area contributed by atoms with E-state index in [0.717, 1.165) is 22.2 Å². The number of rotatable bonds is 4. The van der Waals surface area contributed by atoms with Gasteiger partial charge >= 0.3 is 0 Å². The van der Waals surface area contributed by atoms with E-state index in [2.05, 4.69) is 30.2 Å². The number of fused-ring (bicyclic) bond motifs is 1. The summed E-state index contributed by atoms with van der Waals surface area (Å²) in [6, 6.07) is 10.4. The molecule has 4 heteroatoms. The maximum atomic E-state index is 12.3. The Morgan fingerprint density at radius 2 is 2.09 bits per heavy atom. The summed E-state index contributed by atoms with van der Waals surface area (Å²) in [6.07, 6.45) is 5.43. The van der Waals surface area contributed by atoms with Gasteiger partial charge in [-0.05, 0) is 30.4 Å². The van der Waals surface area contributed by atoms with E-state index in [9.17, 15) is 4.79 Å². The zero-order valence-electron chi connectivity index (χ0n) is 13.8. The van der Waals surface area contributed by atoms with Crippen molar-refractivity contribution in [2.45, 2.75) is 44.0 Å². The third-order valence-electron chi connectivity index (χ3n) is 5.02. The van der Waals surface area contributed by atoms with Crippen LogP contribution >= 0.6 is 11.8 Å². The van der Waals surface area contributed by atoms with Crippen molar-refractivity contribution in [3.8, 4) is 0 Å². The first-order chi connectivity index (χ1) is 11.1. The van der Waals surface area contributed by atoms with Gasteiger partial charge in [-0.3, -0.25) is 9.78 Å². The Bertz CT molecular complexity index is 683. The summed E-state index contributed by atoms with van der Waals surface area (Å²) in [5.74, 6) is 1.87. The molecular formula is C19H24N2OS. The lowest BCUT2D eigenvalue weighted by Gasteiger charge is -2.34. The first-order valence-electron chi connectivity index (χ1n) is 8.41. The highest BCUT2D eigenvalue weighted by molar-refractivity contribution is 8.00. The van der Waals surface area contributed by atoms with E-state index in [1.54, 1.807) is 11.8 Å². The second kappa shape index (κ2) is 7.35. The lowest BCUT2D eigenvalue weighted by Crippen LogP contribution is -2.44. The van der Waals surface area contributed by atoms with Crippen LogP contribution in [-0.4, -0.2) is 22.7 Å². The molecule has 3 unspecified atom stereocenters. The van der Waals surface area contributed by atoms with Gasteiger partial charge in [0.1, 0.15) is 0 Å². The van der Waals surface area contributed by atoms with Crippen LogP contribution in [0, 0.1) is 11.8 Å². The summed E-state index contributed by atoms with van der Waals surface area (Å²) in [4.78, 5) is 17.8. The van der Waals surface area contributed by atoms with E-state index in [1.807, 2.05) is 30.5 Å². The molecule has 3 nitrogen and oxygen atoms in total. The van der Waals surface area contributed by atoms with Gasteiger partial charge in [0.05, 0.1) is 11.3 Å². The Morgan fingerprint density at radius 3 is 2.96 bits per heavy atom. The molecule has 1 heterocycles. The van der Waals surface area contributed by atoms with E-state index < -0.39 is 0 Å². The fourth-order valence-electron chi connectivity index (χ4n) is 3.37. The van der Waals surface area contributed by atoms with E-state index in [1.165, 1.54) is 12.8 Å². The molecule has 0 aliphatic heterocycles. The predicted octanol–water partition coefficient (Wildman–Crippen LogP) is 4.27. The molecule has 1 fully saturated rings. The third kappa shape index (κ3) is 3.86. The number of thioether (sulfide) groups is 1. The van der Waals surface area contributed by atoms with Crippen molar-refractivity contribution in [2.24, 2.45) is 11.8 Å². The van der Waals surface area contributed by atoms with Crippen molar-refractivity contribution >= 4 is 28.6 Å². The second-order valence-corrected chi connectivity index (χ2v) is 7.57. The topological polar surface area (TPSA) is 42.0 Å². The van der Waals surface area contributed by atoms with E-state index >= 15 is 0 Å². The molecule has 23 heavy (non-hydrogen) atoms. The summed E-state index contributed by atoms with van der Waals surface area (Å²) >= 11 is 1.60. The number of hydrogen-bond donors (Lipinski definition) is 1. The minimum Gasteiger partial charge on any atom is -0.352 e. The van der Waals surface area contributed by atoms with Crippen molar-refractivity contribution in [1.29, 1.82) is 0 Å². The highest BCUT2D eigenvalue weighted by Gasteiger charge is 2.27. The molecule has 2 aromatic rings. The zero-order chi connectivity index (χ0) is 16.2. The molecule has 0 radical (unpaired) electrons. The molecule has 0 spiro atoms. The maximum absolute atomic E-state index is 12.3. The van der Waals surface area contributed by atoms with Crippen molar-refractivity contribution in [1.82, 2.24) is 10.3 Å². The Labute approximate surface area is 142 Å². The molecule has 1 N–H and O–H groups in total. The summed E-state index contributed by atoms with van der Waals surface area (Å²) in [5.41, 5.74) is 0.979. The Balaban J connectivity index is 1.60. The van der Waals surface area contributed by atoms with Crippen LogP contribution in [0.15, 0.2) is 41.4 Å². The number of amides is 1. The Kier molecular flexibility index (Phi) is 5.21. The van der Waals surface area contributed by atoms with Crippen molar-refractivity contribution in [3.05, 3.63) is 36.5 Å². The number of nitrogens with zero attached hydrogens (tertiary/aromatic N) is 1. The van der Waals surface area contributed by atoms with Gasteiger partial charge < -0.3 is 5.32 Å². The molecule has 1 aromatic heterocycles. The van der Waals surface area contributed by atoms with Crippen LogP contribution < -0.4 is 5.32 Å². The monoisotopic (exact) mass is 328 g/mol. The van der Waals surface area contributed by atoms with Crippen molar-refractivity contribution in [2.75, 3.05) is 5.75 Å². The molecule has 3 atom stereocenters. The molecule has 1 aromatic carbocycles. The molecule has 0 saturated heterocycles. The highest BCUT2D eigenvalue weighted by Crippen LogP contribution is 2.30. The lowest BCUT2D eigenvalue weighted by molar-refractivity contribution is -0.119. The van der Waals surface area contributed by atoms with Gasteiger partial charge in [0.15, 0.2) is 0 Å².